The van der Waals surface area contributed by atoms with Gasteiger partial charge in [0.15, 0.2) is 5.60 Å². The van der Waals surface area contributed by atoms with Crippen LogP contribution in [0.1, 0.15) is 43.2 Å². The molecule has 2 aromatic carbocycles. The number of carbonyl (C=O) groups excluding carboxylic acids is 1. The van der Waals surface area contributed by atoms with Gasteiger partial charge in [0.1, 0.15) is 6.10 Å². The first kappa shape index (κ1) is 21.8. The van der Waals surface area contributed by atoms with Crippen LogP contribution in [0.4, 0.5) is 0 Å². The van der Waals surface area contributed by atoms with Crippen molar-refractivity contribution in [3.05, 3.63) is 71.8 Å². The van der Waals surface area contributed by atoms with Gasteiger partial charge in [0.2, 0.25) is 0 Å². The number of esters is 1. The zero-order chi connectivity index (χ0) is 19.6. The minimum atomic E-state index is -1.70. The van der Waals surface area contributed by atoms with Crippen LogP contribution in [0.15, 0.2) is 60.7 Å². The van der Waals surface area contributed by atoms with Gasteiger partial charge in [0.25, 0.3) is 0 Å². The van der Waals surface area contributed by atoms with Gasteiger partial charge >= 0.3 is 5.97 Å². The molecule has 2 aromatic rings. The molecule has 0 bridgehead atoms. The average molecular weight is 416 g/mol. The summed E-state index contributed by atoms with van der Waals surface area (Å²) in [7, 11) is 2.03. The van der Waals surface area contributed by atoms with E-state index in [4.69, 9.17) is 4.74 Å². The quantitative estimate of drug-likeness (QED) is 0.748. The SMILES string of the molecule is CN1CCC(OC(=O)C(O)(c2ccccc2)C2(c3ccccc3)CCCC2)C1.Cl. The van der Waals surface area contributed by atoms with E-state index < -0.39 is 17.0 Å². The van der Waals surface area contributed by atoms with E-state index in [9.17, 15) is 9.90 Å². The number of halogens is 1. The molecule has 0 aromatic heterocycles. The normalized spacial score (nSPS) is 23.2. The number of nitrogens with zero attached hydrogens (tertiary/aromatic N) is 1. The third-order valence-corrected chi connectivity index (χ3v) is 6.58. The number of benzene rings is 2. The van der Waals surface area contributed by atoms with Gasteiger partial charge in [-0.3, -0.25) is 0 Å². The number of likely N-dealkylation sites (N-methyl/N-ethyl adjacent to an activating group) is 1. The molecule has 1 N–H and O–H groups in total. The molecule has 1 heterocycles. The molecule has 1 aliphatic carbocycles. The van der Waals surface area contributed by atoms with Crippen molar-refractivity contribution < 1.29 is 14.6 Å². The second kappa shape index (κ2) is 8.86. The average Bonchev–Trinajstić information content (AvgIpc) is 3.39. The smallest absolute Gasteiger partial charge is 0.344 e. The number of hydrogen-bond acceptors (Lipinski definition) is 4. The molecule has 0 amide bonds. The van der Waals surface area contributed by atoms with Crippen LogP contribution >= 0.6 is 12.4 Å². The summed E-state index contributed by atoms with van der Waals surface area (Å²) < 4.78 is 5.93. The molecule has 1 aliphatic heterocycles. The Bertz CT molecular complexity index is 807. The predicted molar refractivity (Wildman–Crippen MR) is 116 cm³/mol. The summed E-state index contributed by atoms with van der Waals surface area (Å²) in [5.41, 5.74) is -0.735. The molecule has 4 nitrogen and oxygen atoms in total. The van der Waals surface area contributed by atoms with Crippen LogP contribution in [0.2, 0.25) is 0 Å². The van der Waals surface area contributed by atoms with E-state index in [1.165, 1.54) is 0 Å². The van der Waals surface area contributed by atoms with Gasteiger partial charge in [-0.05, 0) is 37.4 Å². The van der Waals surface area contributed by atoms with Gasteiger partial charge < -0.3 is 14.7 Å². The van der Waals surface area contributed by atoms with E-state index in [0.29, 0.717) is 5.56 Å². The van der Waals surface area contributed by atoms with E-state index in [2.05, 4.69) is 4.90 Å². The summed E-state index contributed by atoms with van der Waals surface area (Å²) >= 11 is 0. The maximum absolute atomic E-state index is 13.6. The van der Waals surface area contributed by atoms with E-state index in [1.54, 1.807) is 0 Å². The van der Waals surface area contributed by atoms with Crippen LogP contribution in [0.3, 0.4) is 0 Å². The Balaban J connectivity index is 0.00000240. The fraction of sp³-hybridized carbons (Fsp3) is 0.458. The number of likely N-dealkylation sites (tertiary alicyclic amines) is 1. The van der Waals surface area contributed by atoms with Gasteiger partial charge in [0, 0.05) is 18.5 Å². The molecule has 1 saturated heterocycles. The largest absolute Gasteiger partial charge is 0.459 e. The van der Waals surface area contributed by atoms with Gasteiger partial charge in [-0.25, -0.2) is 4.79 Å². The fourth-order valence-electron chi connectivity index (χ4n) is 5.09. The number of rotatable bonds is 5. The van der Waals surface area contributed by atoms with Crippen molar-refractivity contribution in [2.24, 2.45) is 0 Å². The molecule has 0 radical (unpaired) electrons. The molecule has 0 spiro atoms. The first-order valence-corrected chi connectivity index (χ1v) is 10.3. The molecule has 5 heteroatoms. The molecular formula is C24H30ClNO3. The van der Waals surface area contributed by atoms with Crippen LogP contribution in [0.5, 0.6) is 0 Å². The Labute approximate surface area is 179 Å². The summed E-state index contributed by atoms with van der Waals surface area (Å²) in [5.74, 6) is -0.509. The zero-order valence-corrected chi connectivity index (χ0v) is 17.7. The summed E-state index contributed by atoms with van der Waals surface area (Å²) in [4.78, 5) is 15.8. The van der Waals surface area contributed by atoms with Gasteiger partial charge in [-0.1, -0.05) is 73.5 Å². The van der Waals surface area contributed by atoms with E-state index in [-0.39, 0.29) is 18.5 Å². The minimum absolute atomic E-state index is 0. The standard InChI is InChI=1S/C24H29NO3.ClH/c1-25-17-14-21(18-25)28-22(26)24(27,20-12-6-3-7-13-20)23(15-8-9-16-23)19-10-4-2-5-11-19;/h2-7,10-13,21,27H,8-9,14-18H2,1H3;1H. The Morgan fingerprint density at radius 1 is 1.07 bits per heavy atom. The maximum Gasteiger partial charge on any atom is 0.344 e. The second-order valence-electron chi connectivity index (χ2n) is 8.31. The second-order valence-corrected chi connectivity index (χ2v) is 8.31. The van der Waals surface area contributed by atoms with Crippen LogP contribution < -0.4 is 0 Å². The highest BCUT2D eigenvalue weighted by Crippen LogP contribution is 2.53. The van der Waals surface area contributed by atoms with Crippen LogP contribution in [0, 0.1) is 0 Å². The van der Waals surface area contributed by atoms with Crippen molar-refractivity contribution >= 4 is 18.4 Å². The first-order valence-electron chi connectivity index (χ1n) is 10.3. The lowest BCUT2D eigenvalue weighted by Crippen LogP contribution is -2.54. The minimum Gasteiger partial charge on any atom is -0.459 e. The van der Waals surface area contributed by atoms with Crippen molar-refractivity contribution in [3.63, 3.8) is 0 Å². The molecular weight excluding hydrogens is 386 g/mol. The molecule has 156 valence electrons. The first-order chi connectivity index (χ1) is 13.6. The highest BCUT2D eigenvalue weighted by molar-refractivity contribution is 5.85. The fourth-order valence-corrected chi connectivity index (χ4v) is 5.09. The number of ether oxygens (including phenoxy) is 1. The van der Waals surface area contributed by atoms with Crippen LogP contribution in [-0.2, 0) is 20.5 Å². The molecule has 2 unspecified atom stereocenters. The Hall–Kier alpha value is -1.88. The summed E-state index contributed by atoms with van der Waals surface area (Å²) in [6.07, 6.45) is 4.16. The topological polar surface area (TPSA) is 49.8 Å². The Morgan fingerprint density at radius 2 is 1.66 bits per heavy atom. The van der Waals surface area contributed by atoms with Crippen molar-refractivity contribution in [2.75, 3.05) is 20.1 Å². The molecule has 1 saturated carbocycles. The molecule has 2 atom stereocenters. The Kier molecular flexibility index (Phi) is 6.67. The van der Waals surface area contributed by atoms with Gasteiger partial charge in [0.05, 0.1) is 0 Å². The number of carbonyl (C=O) groups is 1. The highest BCUT2D eigenvalue weighted by Gasteiger charge is 2.59. The maximum atomic E-state index is 13.6. The van der Waals surface area contributed by atoms with Crippen LogP contribution in [-0.4, -0.2) is 42.2 Å². The van der Waals surface area contributed by atoms with Gasteiger partial charge in [-0.2, -0.15) is 0 Å². The van der Waals surface area contributed by atoms with E-state index >= 15 is 0 Å². The molecule has 2 fully saturated rings. The van der Waals surface area contributed by atoms with Crippen molar-refractivity contribution in [2.45, 2.75) is 49.2 Å². The number of aliphatic hydroxyl groups is 1. The predicted octanol–water partition coefficient (Wildman–Crippen LogP) is 4.06. The molecule has 2 aliphatic rings. The lowest BCUT2D eigenvalue weighted by atomic mass is 9.63. The third-order valence-electron chi connectivity index (χ3n) is 6.58. The van der Waals surface area contributed by atoms with Crippen molar-refractivity contribution in [1.29, 1.82) is 0 Å². The van der Waals surface area contributed by atoms with E-state index in [0.717, 1.165) is 50.8 Å². The van der Waals surface area contributed by atoms with E-state index in [1.807, 2.05) is 67.7 Å². The van der Waals surface area contributed by atoms with Gasteiger partial charge in [-0.15, -0.1) is 12.4 Å². The summed E-state index contributed by atoms with van der Waals surface area (Å²) in [6.45, 7) is 1.63. The monoisotopic (exact) mass is 415 g/mol. The lowest BCUT2D eigenvalue weighted by molar-refractivity contribution is -0.182. The van der Waals surface area contributed by atoms with Crippen LogP contribution in [0.25, 0.3) is 0 Å². The summed E-state index contributed by atoms with van der Waals surface area (Å²) in [6, 6.07) is 19.4. The Morgan fingerprint density at radius 3 is 2.21 bits per heavy atom. The third kappa shape index (κ3) is 3.81. The van der Waals surface area contributed by atoms with Crippen molar-refractivity contribution in [3.8, 4) is 0 Å². The zero-order valence-electron chi connectivity index (χ0n) is 16.9. The highest BCUT2D eigenvalue weighted by atomic mass is 35.5. The molecule has 29 heavy (non-hydrogen) atoms. The lowest BCUT2D eigenvalue weighted by Gasteiger charge is -2.44. The number of hydrogen-bond donors (Lipinski definition) is 1. The molecule has 4 rings (SSSR count). The van der Waals surface area contributed by atoms with Crippen molar-refractivity contribution in [1.82, 2.24) is 4.90 Å². The summed E-state index contributed by atoms with van der Waals surface area (Å²) in [5, 5.41) is 12.2.